The van der Waals surface area contributed by atoms with Gasteiger partial charge in [0.05, 0.1) is 0 Å². The van der Waals surface area contributed by atoms with Gasteiger partial charge in [0, 0.05) is 13.1 Å². The number of rotatable bonds is 5. The normalized spacial score (nSPS) is 11.3. The van der Waals surface area contributed by atoms with Crippen molar-refractivity contribution in [2.24, 2.45) is 10.7 Å². The highest BCUT2D eigenvalue weighted by molar-refractivity contribution is 5.77. The highest BCUT2D eigenvalue weighted by Gasteiger charge is 2.01. The van der Waals surface area contributed by atoms with E-state index in [1.54, 1.807) is 6.08 Å². The third-order valence-electron chi connectivity index (χ3n) is 2.72. The van der Waals surface area contributed by atoms with Crippen molar-refractivity contribution >= 4 is 5.96 Å². The summed E-state index contributed by atoms with van der Waals surface area (Å²) in [5.74, 6) is 0.483. The van der Waals surface area contributed by atoms with Gasteiger partial charge in [-0.3, -0.25) is 4.99 Å². The monoisotopic (exact) mass is 231 g/mol. The predicted octanol–water partition coefficient (Wildman–Crippen LogP) is 1.94. The van der Waals surface area contributed by atoms with Gasteiger partial charge in [-0.05, 0) is 37.0 Å². The molecule has 0 radical (unpaired) electrons. The third kappa shape index (κ3) is 4.31. The molecular weight excluding hydrogens is 210 g/mol. The van der Waals surface area contributed by atoms with Gasteiger partial charge in [-0.1, -0.05) is 24.3 Å². The van der Waals surface area contributed by atoms with E-state index in [4.69, 9.17) is 5.73 Å². The van der Waals surface area contributed by atoms with Crippen LogP contribution in [0.5, 0.6) is 0 Å². The zero-order valence-corrected chi connectivity index (χ0v) is 10.7. The summed E-state index contributed by atoms with van der Waals surface area (Å²) in [5, 5.41) is 2.96. The van der Waals surface area contributed by atoms with Crippen LogP contribution in [-0.2, 0) is 6.42 Å². The first-order valence-electron chi connectivity index (χ1n) is 5.85. The molecule has 1 aromatic rings. The predicted molar refractivity (Wildman–Crippen MR) is 74.3 cm³/mol. The Kier molecular flexibility index (Phi) is 5.27. The van der Waals surface area contributed by atoms with Crippen LogP contribution < -0.4 is 11.1 Å². The maximum Gasteiger partial charge on any atom is 0.188 e. The molecule has 0 amide bonds. The van der Waals surface area contributed by atoms with Gasteiger partial charge >= 0.3 is 0 Å². The molecule has 0 unspecified atom stereocenters. The van der Waals surface area contributed by atoms with Crippen molar-refractivity contribution in [3.63, 3.8) is 0 Å². The Bertz CT molecular complexity index is 388. The molecule has 0 saturated heterocycles. The lowest BCUT2D eigenvalue weighted by Crippen LogP contribution is -2.31. The molecule has 0 aromatic heterocycles. The van der Waals surface area contributed by atoms with Crippen molar-refractivity contribution < 1.29 is 0 Å². The van der Waals surface area contributed by atoms with E-state index in [0.717, 1.165) is 6.42 Å². The van der Waals surface area contributed by atoms with Gasteiger partial charge in [0.25, 0.3) is 0 Å². The van der Waals surface area contributed by atoms with Crippen molar-refractivity contribution in [3.8, 4) is 0 Å². The molecule has 92 valence electrons. The largest absolute Gasteiger partial charge is 0.370 e. The second-order valence-electron chi connectivity index (χ2n) is 4.06. The number of nitrogens with two attached hydrogens (primary N) is 1. The van der Waals surface area contributed by atoms with Crippen molar-refractivity contribution in [2.75, 3.05) is 13.1 Å². The zero-order valence-electron chi connectivity index (χ0n) is 10.7. The molecule has 0 aliphatic rings. The summed E-state index contributed by atoms with van der Waals surface area (Å²) >= 11 is 0. The average Bonchev–Trinajstić information content (AvgIpc) is 2.30. The van der Waals surface area contributed by atoms with E-state index >= 15 is 0 Å². The first-order chi connectivity index (χ1) is 8.15. The fraction of sp³-hybridized carbons (Fsp3) is 0.357. The highest BCUT2D eigenvalue weighted by atomic mass is 15.1. The Morgan fingerprint density at radius 2 is 2.06 bits per heavy atom. The number of guanidine groups is 1. The Hall–Kier alpha value is -1.77. The van der Waals surface area contributed by atoms with E-state index < -0.39 is 0 Å². The van der Waals surface area contributed by atoms with Crippen molar-refractivity contribution in [1.82, 2.24) is 5.32 Å². The lowest BCUT2D eigenvalue weighted by atomic mass is 10.0. The maximum atomic E-state index is 5.69. The number of nitrogens with zero attached hydrogens (tertiary/aromatic N) is 1. The minimum absolute atomic E-state index is 0.483. The molecular formula is C14H21N3. The summed E-state index contributed by atoms with van der Waals surface area (Å²) in [4.78, 5) is 4.27. The second kappa shape index (κ2) is 6.74. The van der Waals surface area contributed by atoms with Crippen LogP contribution in [0, 0.1) is 13.8 Å². The van der Waals surface area contributed by atoms with Crippen LogP contribution in [-0.4, -0.2) is 19.0 Å². The third-order valence-corrected chi connectivity index (χ3v) is 2.72. The van der Waals surface area contributed by atoms with E-state index in [-0.39, 0.29) is 0 Å². The molecule has 1 rings (SSSR count). The lowest BCUT2D eigenvalue weighted by molar-refractivity contribution is 0.916. The van der Waals surface area contributed by atoms with Gasteiger partial charge in [0.1, 0.15) is 0 Å². The molecule has 17 heavy (non-hydrogen) atoms. The molecule has 0 atom stereocenters. The molecule has 0 aliphatic heterocycles. The molecule has 0 heterocycles. The molecule has 0 spiro atoms. The van der Waals surface area contributed by atoms with Crippen LogP contribution >= 0.6 is 0 Å². The van der Waals surface area contributed by atoms with Crippen LogP contribution in [0.25, 0.3) is 0 Å². The number of aliphatic imine (C=N–C) groups is 1. The number of aryl methyl sites for hydroxylation is 2. The Morgan fingerprint density at radius 3 is 2.65 bits per heavy atom. The summed E-state index contributed by atoms with van der Waals surface area (Å²) in [5.41, 5.74) is 9.69. The number of hydrogen-bond donors (Lipinski definition) is 2. The first-order valence-corrected chi connectivity index (χ1v) is 5.85. The van der Waals surface area contributed by atoms with E-state index in [2.05, 4.69) is 48.9 Å². The Labute approximate surface area is 103 Å². The lowest BCUT2D eigenvalue weighted by Gasteiger charge is -2.08. The minimum Gasteiger partial charge on any atom is -0.370 e. The van der Waals surface area contributed by atoms with Gasteiger partial charge < -0.3 is 11.1 Å². The van der Waals surface area contributed by atoms with Gasteiger partial charge in [0.2, 0.25) is 0 Å². The van der Waals surface area contributed by atoms with Crippen LogP contribution in [0.3, 0.4) is 0 Å². The van der Waals surface area contributed by atoms with E-state index in [1.807, 2.05) is 0 Å². The van der Waals surface area contributed by atoms with Gasteiger partial charge in [0.15, 0.2) is 5.96 Å². The SMILES string of the molecule is C=CCNC(N)=NCCc1c(C)cccc1C. The standard InChI is InChI=1S/C14H21N3/c1-4-9-16-14(15)17-10-8-13-11(2)6-5-7-12(13)3/h4-7H,1,8-10H2,2-3H3,(H3,15,16,17). The molecule has 0 bridgehead atoms. The van der Waals surface area contributed by atoms with Gasteiger partial charge in [-0.25, -0.2) is 0 Å². The molecule has 0 saturated carbocycles. The summed E-state index contributed by atoms with van der Waals surface area (Å²) in [6, 6.07) is 6.34. The minimum atomic E-state index is 0.483. The number of benzene rings is 1. The molecule has 3 heteroatoms. The fourth-order valence-corrected chi connectivity index (χ4v) is 1.76. The first kappa shape index (κ1) is 13.3. The van der Waals surface area contributed by atoms with Crippen LogP contribution in [0.2, 0.25) is 0 Å². The Balaban J connectivity index is 2.53. The zero-order chi connectivity index (χ0) is 12.7. The topological polar surface area (TPSA) is 50.4 Å². The number of nitrogens with one attached hydrogen (secondary N) is 1. The molecule has 0 fully saturated rings. The van der Waals surface area contributed by atoms with E-state index in [0.29, 0.717) is 19.0 Å². The van der Waals surface area contributed by atoms with Crippen LogP contribution in [0.15, 0.2) is 35.8 Å². The fourth-order valence-electron chi connectivity index (χ4n) is 1.76. The summed E-state index contributed by atoms with van der Waals surface area (Å²) < 4.78 is 0. The maximum absolute atomic E-state index is 5.69. The van der Waals surface area contributed by atoms with Crippen molar-refractivity contribution in [3.05, 3.63) is 47.5 Å². The molecule has 1 aromatic carbocycles. The summed E-state index contributed by atoms with van der Waals surface area (Å²) in [7, 11) is 0. The van der Waals surface area contributed by atoms with Crippen LogP contribution in [0.4, 0.5) is 0 Å². The summed E-state index contributed by atoms with van der Waals surface area (Å²) in [6.45, 7) is 9.23. The summed E-state index contributed by atoms with van der Waals surface area (Å²) in [6.07, 6.45) is 2.68. The average molecular weight is 231 g/mol. The molecule has 0 aliphatic carbocycles. The van der Waals surface area contributed by atoms with Crippen molar-refractivity contribution in [1.29, 1.82) is 0 Å². The van der Waals surface area contributed by atoms with E-state index in [9.17, 15) is 0 Å². The van der Waals surface area contributed by atoms with Gasteiger partial charge in [-0.15, -0.1) is 6.58 Å². The van der Waals surface area contributed by atoms with E-state index in [1.165, 1.54) is 16.7 Å². The molecule has 3 N–H and O–H groups in total. The highest BCUT2D eigenvalue weighted by Crippen LogP contribution is 2.13. The smallest absolute Gasteiger partial charge is 0.188 e. The quantitative estimate of drug-likeness (QED) is 0.462. The van der Waals surface area contributed by atoms with Crippen molar-refractivity contribution in [2.45, 2.75) is 20.3 Å². The Morgan fingerprint density at radius 1 is 1.41 bits per heavy atom. The molecule has 3 nitrogen and oxygen atoms in total. The van der Waals surface area contributed by atoms with Gasteiger partial charge in [-0.2, -0.15) is 0 Å². The second-order valence-corrected chi connectivity index (χ2v) is 4.06. The number of hydrogen-bond acceptors (Lipinski definition) is 1. The van der Waals surface area contributed by atoms with Crippen LogP contribution in [0.1, 0.15) is 16.7 Å².